The molecule has 0 aromatic rings. The molecule has 6 atom stereocenters. The van der Waals surface area contributed by atoms with Gasteiger partial charge in [0.05, 0.1) is 35.8 Å². The second-order valence-corrected chi connectivity index (χ2v) is 12.5. The van der Waals surface area contributed by atoms with Gasteiger partial charge in [-0.3, -0.25) is 0 Å². The predicted molar refractivity (Wildman–Crippen MR) is 167 cm³/mol. The normalized spacial score (nSPS) is 13.7. The molecule has 49 heavy (non-hydrogen) atoms. The van der Waals surface area contributed by atoms with Gasteiger partial charge in [-0.15, -0.1) is 0 Å². The first-order valence-corrected chi connectivity index (χ1v) is 15.1. The molecule has 0 heterocycles. The fourth-order valence-electron chi connectivity index (χ4n) is 1.63. The van der Waals surface area contributed by atoms with Gasteiger partial charge >= 0.3 is 21.1 Å². The summed E-state index contributed by atoms with van der Waals surface area (Å²) in [7, 11) is 0. The third-order valence-corrected chi connectivity index (χ3v) is 5.94. The summed E-state index contributed by atoms with van der Waals surface area (Å²) in [6.07, 6.45) is 0. The molecule has 0 unspecified atom stereocenters. The molecular weight excluding hydrogens is 732 g/mol. The molecule has 0 saturated carbocycles. The summed E-state index contributed by atoms with van der Waals surface area (Å²) in [6.45, 7) is 20.8. The van der Waals surface area contributed by atoms with Crippen LogP contribution in [0.3, 0.4) is 0 Å². The Kier molecular flexibility index (Phi) is 42.4. The molecule has 0 radical (unpaired) electrons. The van der Waals surface area contributed by atoms with Crippen molar-refractivity contribution in [3.8, 4) is 0 Å². The number of aliphatic carboxylic acids is 6. The largest absolute Gasteiger partial charge is 6.00 e. The first-order chi connectivity index (χ1) is 21.3. The molecule has 0 aliphatic heterocycles. The van der Waals surface area contributed by atoms with E-state index in [1.165, 1.54) is 0 Å². The molecule has 0 fully saturated rings. The van der Waals surface area contributed by atoms with Crippen molar-refractivity contribution in [3.05, 3.63) is 0 Å². The second-order valence-electron chi connectivity index (χ2n) is 12.5. The Labute approximate surface area is 305 Å². The molecular formula is C30H60MoN6O12. The summed E-state index contributed by atoms with van der Waals surface area (Å²) >= 11 is 0. The molecule has 0 rings (SSSR count). The van der Waals surface area contributed by atoms with Crippen LogP contribution in [0.1, 0.15) is 83.1 Å². The van der Waals surface area contributed by atoms with E-state index in [0.29, 0.717) is 0 Å². The Balaban J connectivity index is -0.0000000860. The van der Waals surface area contributed by atoms with E-state index in [1.54, 1.807) is 83.1 Å². The molecule has 18 nitrogen and oxygen atoms in total. The minimum absolute atomic E-state index is 0. The Morgan fingerprint density at radius 2 is 0.347 bits per heavy atom. The van der Waals surface area contributed by atoms with Gasteiger partial charge in [0.1, 0.15) is 0 Å². The topological polar surface area (TPSA) is 397 Å². The number of carboxylic acid groups (broad SMARTS) is 6. The van der Waals surface area contributed by atoms with Crippen molar-refractivity contribution in [1.29, 1.82) is 0 Å². The fraction of sp³-hybridized carbons (Fsp3) is 0.800. The molecule has 0 aromatic heterocycles. The number of nitrogens with two attached hydrogens (primary N) is 6. The van der Waals surface area contributed by atoms with Crippen LogP contribution in [-0.4, -0.2) is 72.1 Å². The quantitative estimate of drug-likeness (QED) is 0.0999. The molecule has 0 amide bonds. The van der Waals surface area contributed by atoms with Gasteiger partial charge in [0, 0.05) is 36.3 Å². The maximum Gasteiger partial charge on any atom is 6.00 e. The average Bonchev–Trinajstić information content (AvgIpc) is 2.95. The van der Waals surface area contributed by atoms with Gasteiger partial charge in [-0.05, 0) is 35.5 Å². The van der Waals surface area contributed by atoms with Crippen molar-refractivity contribution >= 4 is 35.8 Å². The van der Waals surface area contributed by atoms with Crippen LogP contribution >= 0.6 is 0 Å². The fourth-order valence-corrected chi connectivity index (χ4v) is 1.63. The standard InChI is InChI=1S/6C5H11NO2.Mo/c6*1-3(2)4(6)5(7)8;/h6*3-4H,6H2,1-2H3,(H,7,8);/q;;;;;;+6/p-6/t6*4-;/m000000./s1. The van der Waals surface area contributed by atoms with Crippen LogP contribution in [0.4, 0.5) is 0 Å². The van der Waals surface area contributed by atoms with Gasteiger partial charge in [0.15, 0.2) is 0 Å². The number of carbonyl (C=O) groups excluding carboxylic acids is 6. The van der Waals surface area contributed by atoms with Gasteiger partial charge < -0.3 is 93.8 Å². The Morgan fingerprint density at radius 1 is 0.286 bits per heavy atom. The molecule has 0 saturated heterocycles. The molecule has 288 valence electrons. The third-order valence-electron chi connectivity index (χ3n) is 5.94. The summed E-state index contributed by atoms with van der Waals surface area (Å²) in [5, 5.41) is 59.4. The molecule has 0 aliphatic rings. The van der Waals surface area contributed by atoms with Crippen LogP contribution < -0.4 is 65.0 Å². The van der Waals surface area contributed by atoms with Crippen molar-refractivity contribution in [1.82, 2.24) is 0 Å². The molecule has 0 spiro atoms. The molecule has 12 N–H and O–H groups in total. The zero-order valence-corrected chi connectivity index (χ0v) is 32.7. The van der Waals surface area contributed by atoms with Crippen molar-refractivity contribution in [2.75, 3.05) is 0 Å². The first kappa shape index (κ1) is 61.5. The number of rotatable bonds is 12. The Morgan fingerprint density at radius 3 is 0.347 bits per heavy atom. The second kappa shape index (κ2) is 33.8. The van der Waals surface area contributed by atoms with Crippen molar-refractivity contribution in [2.24, 2.45) is 69.9 Å². The van der Waals surface area contributed by atoms with Crippen LogP contribution in [0.2, 0.25) is 0 Å². The van der Waals surface area contributed by atoms with E-state index < -0.39 is 72.1 Å². The minimum Gasteiger partial charge on any atom is -0.548 e. The van der Waals surface area contributed by atoms with Crippen molar-refractivity contribution in [3.63, 3.8) is 0 Å². The minimum atomic E-state index is -1.18. The van der Waals surface area contributed by atoms with Crippen LogP contribution in [0.25, 0.3) is 0 Å². The van der Waals surface area contributed by atoms with E-state index >= 15 is 0 Å². The van der Waals surface area contributed by atoms with Crippen LogP contribution in [0.15, 0.2) is 0 Å². The Bertz CT molecular complexity index is 736. The van der Waals surface area contributed by atoms with Crippen molar-refractivity contribution < 1.29 is 80.5 Å². The Hall–Kier alpha value is -2.73. The summed E-state index contributed by atoms with van der Waals surface area (Å²) in [4.78, 5) is 59.4. The van der Waals surface area contributed by atoms with E-state index in [1.807, 2.05) is 0 Å². The first-order valence-electron chi connectivity index (χ1n) is 15.1. The molecule has 0 aromatic carbocycles. The molecule has 19 heteroatoms. The smallest absolute Gasteiger partial charge is 0.548 e. The average molecular weight is 793 g/mol. The number of carbonyl (C=O) groups is 6. The predicted octanol–water partition coefficient (Wildman–Crippen LogP) is -7.68. The number of hydrogen-bond donors (Lipinski definition) is 6. The maximum absolute atomic E-state index is 9.90. The SMILES string of the molecule is CC(C)[C@H](N)C(=O)[O-].CC(C)[C@H](N)C(=O)[O-].CC(C)[C@H](N)C(=O)[O-].CC(C)[C@H](N)C(=O)[O-].CC(C)[C@H](N)C(=O)[O-].CC(C)[C@H](N)C(=O)[O-].[Mo+6]. The van der Waals surface area contributed by atoms with Gasteiger partial charge in [-0.1, -0.05) is 83.1 Å². The van der Waals surface area contributed by atoms with Crippen LogP contribution in [-0.2, 0) is 49.8 Å². The van der Waals surface area contributed by atoms with E-state index in [4.69, 9.17) is 34.4 Å². The van der Waals surface area contributed by atoms with Gasteiger partial charge in [0.25, 0.3) is 0 Å². The molecule has 0 aliphatic carbocycles. The zero-order chi connectivity index (χ0) is 40.4. The maximum atomic E-state index is 9.90. The summed E-state index contributed by atoms with van der Waals surface area (Å²) in [5.74, 6) is -7.33. The van der Waals surface area contributed by atoms with Gasteiger partial charge in [-0.2, -0.15) is 0 Å². The van der Waals surface area contributed by atoms with Crippen molar-refractivity contribution in [2.45, 2.75) is 119 Å². The summed E-state index contributed by atoms with van der Waals surface area (Å²) in [6, 6.07) is -4.94. The van der Waals surface area contributed by atoms with Gasteiger partial charge in [0.2, 0.25) is 0 Å². The summed E-state index contributed by atoms with van der Waals surface area (Å²) < 4.78 is 0. The van der Waals surface area contributed by atoms with Crippen LogP contribution in [0, 0.1) is 35.5 Å². The summed E-state index contributed by atoms with van der Waals surface area (Å²) in [5.41, 5.74) is 30.6. The monoisotopic (exact) mass is 794 g/mol. The number of hydrogen-bond acceptors (Lipinski definition) is 18. The third kappa shape index (κ3) is 41.4. The molecule has 0 bridgehead atoms. The number of carboxylic acids is 6. The van der Waals surface area contributed by atoms with Gasteiger partial charge in [-0.25, -0.2) is 0 Å². The van der Waals surface area contributed by atoms with E-state index in [9.17, 15) is 59.4 Å². The zero-order valence-electron chi connectivity index (χ0n) is 30.7. The van der Waals surface area contributed by atoms with E-state index in [-0.39, 0.29) is 56.6 Å². The van der Waals surface area contributed by atoms with E-state index in [2.05, 4.69) is 0 Å². The van der Waals surface area contributed by atoms with E-state index in [0.717, 1.165) is 0 Å². The van der Waals surface area contributed by atoms with Crippen LogP contribution in [0.5, 0.6) is 0 Å².